The van der Waals surface area contributed by atoms with E-state index in [4.69, 9.17) is 0 Å². The summed E-state index contributed by atoms with van der Waals surface area (Å²) in [5.74, 6) is 0. The highest BCUT2D eigenvalue weighted by Crippen LogP contribution is 2.14. The molecule has 0 spiro atoms. The van der Waals surface area contributed by atoms with Gasteiger partial charge in [0.2, 0.25) is 0 Å². The molecule has 1 aromatic carbocycles. The molecule has 14 heavy (non-hydrogen) atoms. The monoisotopic (exact) mass is 209 g/mol. The quantitative estimate of drug-likeness (QED) is 0.746. The van der Waals surface area contributed by atoms with Crippen LogP contribution in [0.25, 0.3) is 0 Å². The van der Waals surface area contributed by atoms with Gasteiger partial charge in [-0.2, -0.15) is 12.6 Å². The lowest BCUT2D eigenvalue weighted by molar-refractivity contribution is 0.303. The van der Waals surface area contributed by atoms with Crippen molar-refractivity contribution in [1.82, 2.24) is 4.90 Å². The van der Waals surface area contributed by atoms with E-state index < -0.39 is 0 Å². The predicted octanol–water partition coefficient (Wildman–Crippen LogP) is 2.83. The first kappa shape index (κ1) is 11.6. The van der Waals surface area contributed by atoms with E-state index in [1.807, 2.05) is 6.07 Å². The molecule has 0 fully saturated rings. The normalized spacial score (nSPS) is 12.1. The third kappa shape index (κ3) is 4.68. The molecule has 1 rings (SSSR count). The van der Waals surface area contributed by atoms with E-state index in [1.165, 1.54) is 5.56 Å². The molecule has 0 heterocycles. The summed E-state index contributed by atoms with van der Waals surface area (Å²) >= 11 is 4.52. The number of nitrogens with zero attached hydrogens (tertiary/aromatic N) is 1. The highest BCUT2D eigenvalue weighted by molar-refractivity contribution is 7.81. The minimum Gasteiger partial charge on any atom is -0.301 e. The second-order valence-corrected chi connectivity index (χ2v) is 5.68. The Kier molecular flexibility index (Phi) is 4.02. The average molecular weight is 209 g/mol. The number of hydrogen-bond donors (Lipinski definition) is 1. The van der Waals surface area contributed by atoms with Crippen LogP contribution >= 0.6 is 12.6 Å². The topological polar surface area (TPSA) is 3.24 Å². The van der Waals surface area contributed by atoms with E-state index in [0.29, 0.717) is 0 Å². The molecule has 1 nitrogen and oxygen atoms in total. The molecule has 0 atom stereocenters. The van der Waals surface area contributed by atoms with Crippen molar-refractivity contribution in [3.8, 4) is 0 Å². The SMILES string of the molecule is CN(Cc1ccccc1)CC(C)(C)S. The molecule has 0 bridgehead atoms. The van der Waals surface area contributed by atoms with Crippen LogP contribution < -0.4 is 0 Å². The van der Waals surface area contributed by atoms with Gasteiger partial charge in [0, 0.05) is 17.8 Å². The molecule has 0 amide bonds. The van der Waals surface area contributed by atoms with E-state index in [1.54, 1.807) is 0 Å². The summed E-state index contributed by atoms with van der Waals surface area (Å²) in [5.41, 5.74) is 1.35. The first-order valence-electron chi connectivity index (χ1n) is 4.92. The summed E-state index contributed by atoms with van der Waals surface area (Å²) < 4.78 is 0.0729. The van der Waals surface area contributed by atoms with Gasteiger partial charge in [0.15, 0.2) is 0 Å². The third-order valence-electron chi connectivity index (χ3n) is 1.95. The van der Waals surface area contributed by atoms with E-state index >= 15 is 0 Å². The largest absolute Gasteiger partial charge is 0.301 e. The lowest BCUT2D eigenvalue weighted by Crippen LogP contribution is -2.31. The summed E-state index contributed by atoms with van der Waals surface area (Å²) in [7, 11) is 2.13. The summed E-state index contributed by atoms with van der Waals surface area (Å²) in [4.78, 5) is 2.29. The highest BCUT2D eigenvalue weighted by atomic mass is 32.1. The number of hydrogen-bond acceptors (Lipinski definition) is 2. The molecule has 0 aliphatic heterocycles. The Hall–Kier alpha value is -0.470. The summed E-state index contributed by atoms with van der Waals surface area (Å²) in [6.45, 7) is 6.26. The van der Waals surface area contributed by atoms with E-state index in [9.17, 15) is 0 Å². The fourth-order valence-corrected chi connectivity index (χ4v) is 1.85. The van der Waals surface area contributed by atoms with E-state index in [0.717, 1.165) is 13.1 Å². The fourth-order valence-electron chi connectivity index (χ4n) is 1.61. The molecular formula is C12H19NS. The molecule has 0 saturated heterocycles. The lowest BCUT2D eigenvalue weighted by atomic mass is 10.1. The molecule has 0 unspecified atom stereocenters. The Bertz CT molecular complexity index is 263. The second kappa shape index (κ2) is 4.85. The van der Waals surface area contributed by atoms with E-state index in [2.05, 4.69) is 62.7 Å². The van der Waals surface area contributed by atoms with Crippen molar-refractivity contribution in [1.29, 1.82) is 0 Å². The summed E-state index contributed by atoms with van der Waals surface area (Å²) in [6.07, 6.45) is 0. The van der Waals surface area contributed by atoms with Crippen LogP contribution in [0.5, 0.6) is 0 Å². The molecule has 0 radical (unpaired) electrons. The van der Waals surface area contributed by atoms with Crippen molar-refractivity contribution in [2.75, 3.05) is 13.6 Å². The van der Waals surface area contributed by atoms with Gasteiger partial charge < -0.3 is 4.90 Å². The zero-order valence-corrected chi connectivity index (χ0v) is 10.1. The minimum atomic E-state index is 0.0729. The fraction of sp³-hybridized carbons (Fsp3) is 0.500. The summed E-state index contributed by atoms with van der Waals surface area (Å²) in [6, 6.07) is 10.5. The Morgan fingerprint density at radius 1 is 1.21 bits per heavy atom. The van der Waals surface area contributed by atoms with Crippen LogP contribution in [0.3, 0.4) is 0 Å². The van der Waals surface area contributed by atoms with Crippen molar-refractivity contribution < 1.29 is 0 Å². The zero-order valence-electron chi connectivity index (χ0n) is 9.20. The van der Waals surface area contributed by atoms with E-state index in [-0.39, 0.29) is 4.75 Å². The van der Waals surface area contributed by atoms with Crippen LogP contribution in [0.1, 0.15) is 19.4 Å². The van der Waals surface area contributed by atoms with Gasteiger partial charge in [0.1, 0.15) is 0 Å². The maximum absolute atomic E-state index is 4.52. The van der Waals surface area contributed by atoms with Crippen LogP contribution in [0.2, 0.25) is 0 Å². The summed E-state index contributed by atoms with van der Waals surface area (Å²) in [5, 5.41) is 0. The first-order chi connectivity index (χ1) is 6.47. The third-order valence-corrected chi connectivity index (χ3v) is 2.09. The van der Waals surface area contributed by atoms with Crippen LogP contribution in [0.15, 0.2) is 30.3 Å². The lowest BCUT2D eigenvalue weighted by Gasteiger charge is -2.25. The van der Waals surface area contributed by atoms with Crippen molar-refractivity contribution >= 4 is 12.6 Å². The molecule has 2 heteroatoms. The number of benzene rings is 1. The van der Waals surface area contributed by atoms with Crippen molar-refractivity contribution in [2.24, 2.45) is 0 Å². The minimum absolute atomic E-state index is 0.0729. The Labute approximate surface area is 92.5 Å². The van der Waals surface area contributed by atoms with Crippen molar-refractivity contribution in [2.45, 2.75) is 25.1 Å². The number of rotatable bonds is 4. The standard InChI is InChI=1S/C12H19NS/c1-12(2,14)10-13(3)9-11-7-5-4-6-8-11/h4-8,14H,9-10H2,1-3H3. The van der Waals surface area contributed by atoms with Gasteiger partial charge in [-0.15, -0.1) is 0 Å². The van der Waals surface area contributed by atoms with Gasteiger partial charge in [-0.25, -0.2) is 0 Å². The van der Waals surface area contributed by atoms with Crippen LogP contribution in [0.4, 0.5) is 0 Å². The van der Waals surface area contributed by atoms with Gasteiger partial charge in [0.05, 0.1) is 0 Å². The van der Waals surface area contributed by atoms with Crippen LogP contribution in [-0.4, -0.2) is 23.2 Å². The predicted molar refractivity (Wildman–Crippen MR) is 65.8 cm³/mol. The highest BCUT2D eigenvalue weighted by Gasteiger charge is 2.14. The number of thiol groups is 1. The average Bonchev–Trinajstić information content (AvgIpc) is 2.02. The van der Waals surface area contributed by atoms with Crippen LogP contribution in [0, 0.1) is 0 Å². The van der Waals surface area contributed by atoms with Gasteiger partial charge in [-0.1, -0.05) is 30.3 Å². The Balaban J connectivity index is 2.46. The molecule has 0 aromatic heterocycles. The first-order valence-corrected chi connectivity index (χ1v) is 5.37. The van der Waals surface area contributed by atoms with Gasteiger partial charge in [-0.3, -0.25) is 0 Å². The second-order valence-electron chi connectivity index (χ2n) is 4.47. The Morgan fingerprint density at radius 3 is 2.29 bits per heavy atom. The van der Waals surface area contributed by atoms with Gasteiger partial charge >= 0.3 is 0 Å². The van der Waals surface area contributed by atoms with Gasteiger partial charge in [-0.05, 0) is 26.5 Å². The Morgan fingerprint density at radius 2 is 1.79 bits per heavy atom. The molecule has 0 saturated carbocycles. The molecule has 0 aliphatic rings. The molecule has 0 N–H and O–H groups in total. The smallest absolute Gasteiger partial charge is 0.0231 e. The maximum atomic E-state index is 4.52. The molecule has 0 aliphatic carbocycles. The van der Waals surface area contributed by atoms with Crippen molar-refractivity contribution in [3.63, 3.8) is 0 Å². The van der Waals surface area contributed by atoms with Gasteiger partial charge in [0.25, 0.3) is 0 Å². The molecule has 1 aromatic rings. The molecule has 78 valence electrons. The molecular weight excluding hydrogens is 190 g/mol. The van der Waals surface area contributed by atoms with Crippen molar-refractivity contribution in [3.05, 3.63) is 35.9 Å². The maximum Gasteiger partial charge on any atom is 0.0231 e. The van der Waals surface area contributed by atoms with Crippen LogP contribution in [-0.2, 0) is 6.54 Å². The zero-order chi connectivity index (χ0) is 10.6.